The summed E-state index contributed by atoms with van der Waals surface area (Å²) in [6.07, 6.45) is 0. The van der Waals surface area contributed by atoms with Crippen molar-refractivity contribution in [1.82, 2.24) is 0 Å². The van der Waals surface area contributed by atoms with Gasteiger partial charge >= 0.3 is 0 Å². The summed E-state index contributed by atoms with van der Waals surface area (Å²) in [5, 5.41) is 3.51. The van der Waals surface area contributed by atoms with Crippen molar-refractivity contribution in [2.45, 2.75) is 26.8 Å². The molecule has 0 saturated carbocycles. The van der Waals surface area contributed by atoms with Crippen LogP contribution in [0, 0.1) is 13.8 Å². The third-order valence-electron chi connectivity index (χ3n) is 3.21. The molecule has 2 nitrogen and oxygen atoms in total. The van der Waals surface area contributed by atoms with Crippen molar-refractivity contribution >= 4 is 11.4 Å². The van der Waals surface area contributed by atoms with Gasteiger partial charge in [-0.2, -0.15) is 0 Å². The van der Waals surface area contributed by atoms with E-state index in [1.54, 1.807) is 0 Å². The first-order valence-electron chi connectivity index (χ1n) is 6.25. The van der Waals surface area contributed by atoms with Crippen LogP contribution < -0.4 is 11.1 Å². The molecule has 0 amide bonds. The van der Waals surface area contributed by atoms with Crippen LogP contribution in [0.25, 0.3) is 0 Å². The number of anilines is 2. The lowest BCUT2D eigenvalue weighted by Crippen LogP contribution is -2.08. The first-order chi connectivity index (χ1) is 8.56. The van der Waals surface area contributed by atoms with Crippen molar-refractivity contribution in [2.75, 3.05) is 11.1 Å². The van der Waals surface area contributed by atoms with Gasteiger partial charge in [-0.15, -0.1) is 0 Å². The molecule has 0 saturated heterocycles. The van der Waals surface area contributed by atoms with Gasteiger partial charge in [-0.3, -0.25) is 0 Å². The number of nitrogen functional groups attached to an aromatic ring is 1. The standard InChI is InChI=1S/C16H20N2/c1-11-4-7-14(8-5-11)13(3)18-16-10-15(17)9-6-12(16)2/h4-10,13,18H,17H2,1-3H3. The van der Waals surface area contributed by atoms with E-state index < -0.39 is 0 Å². The molecular formula is C16H20N2. The normalized spacial score (nSPS) is 12.2. The maximum absolute atomic E-state index is 5.82. The fourth-order valence-corrected chi connectivity index (χ4v) is 1.97. The number of benzene rings is 2. The van der Waals surface area contributed by atoms with Gasteiger partial charge in [-0.25, -0.2) is 0 Å². The maximum Gasteiger partial charge on any atom is 0.0485 e. The summed E-state index contributed by atoms with van der Waals surface area (Å²) in [4.78, 5) is 0. The van der Waals surface area contributed by atoms with Crippen molar-refractivity contribution in [2.24, 2.45) is 0 Å². The zero-order valence-corrected chi connectivity index (χ0v) is 11.2. The number of rotatable bonds is 3. The van der Waals surface area contributed by atoms with Crippen LogP contribution in [0.15, 0.2) is 42.5 Å². The number of hydrogen-bond acceptors (Lipinski definition) is 2. The summed E-state index contributed by atoms with van der Waals surface area (Å²) in [5.41, 5.74) is 11.5. The van der Waals surface area contributed by atoms with Crippen molar-refractivity contribution in [3.8, 4) is 0 Å². The Morgan fingerprint density at radius 1 is 1.00 bits per heavy atom. The number of aryl methyl sites for hydroxylation is 2. The lowest BCUT2D eigenvalue weighted by molar-refractivity contribution is 0.882. The first-order valence-corrected chi connectivity index (χ1v) is 6.25. The van der Waals surface area contributed by atoms with E-state index in [-0.39, 0.29) is 6.04 Å². The Bertz CT molecular complexity index is 529. The molecule has 1 atom stereocenters. The predicted octanol–water partition coefficient (Wildman–Crippen LogP) is 4.06. The van der Waals surface area contributed by atoms with Crippen LogP contribution in [-0.2, 0) is 0 Å². The second kappa shape index (κ2) is 5.13. The second-order valence-electron chi connectivity index (χ2n) is 4.85. The highest BCUT2D eigenvalue weighted by atomic mass is 14.9. The Hall–Kier alpha value is -1.96. The van der Waals surface area contributed by atoms with Gasteiger partial charge in [0, 0.05) is 17.4 Å². The van der Waals surface area contributed by atoms with E-state index >= 15 is 0 Å². The third kappa shape index (κ3) is 2.83. The van der Waals surface area contributed by atoms with Gasteiger partial charge < -0.3 is 11.1 Å². The minimum absolute atomic E-state index is 0.270. The van der Waals surface area contributed by atoms with Crippen LogP contribution in [0.5, 0.6) is 0 Å². The highest BCUT2D eigenvalue weighted by Gasteiger charge is 2.06. The zero-order chi connectivity index (χ0) is 13.1. The average Bonchev–Trinajstić information content (AvgIpc) is 2.34. The van der Waals surface area contributed by atoms with Crippen molar-refractivity contribution in [3.05, 3.63) is 59.2 Å². The highest BCUT2D eigenvalue weighted by Crippen LogP contribution is 2.24. The molecule has 0 heterocycles. The molecular weight excluding hydrogens is 220 g/mol. The molecule has 0 radical (unpaired) electrons. The minimum Gasteiger partial charge on any atom is -0.399 e. The number of hydrogen-bond donors (Lipinski definition) is 2. The molecule has 0 aliphatic carbocycles. The molecule has 2 heteroatoms. The molecule has 0 bridgehead atoms. The van der Waals surface area contributed by atoms with Gasteiger partial charge in [-0.1, -0.05) is 35.9 Å². The minimum atomic E-state index is 0.270. The van der Waals surface area contributed by atoms with E-state index in [0.717, 1.165) is 11.4 Å². The van der Waals surface area contributed by atoms with E-state index in [1.807, 2.05) is 18.2 Å². The van der Waals surface area contributed by atoms with Gasteiger partial charge in [0.05, 0.1) is 0 Å². The summed E-state index contributed by atoms with van der Waals surface area (Å²) >= 11 is 0. The van der Waals surface area contributed by atoms with Gasteiger partial charge in [0.1, 0.15) is 0 Å². The van der Waals surface area contributed by atoms with E-state index in [4.69, 9.17) is 5.73 Å². The Kier molecular flexibility index (Phi) is 3.56. The fraction of sp³-hybridized carbons (Fsp3) is 0.250. The topological polar surface area (TPSA) is 38.0 Å². The molecule has 3 N–H and O–H groups in total. The zero-order valence-electron chi connectivity index (χ0n) is 11.2. The van der Waals surface area contributed by atoms with Crippen LogP contribution in [0.4, 0.5) is 11.4 Å². The molecule has 2 rings (SSSR count). The summed E-state index contributed by atoms with van der Waals surface area (Å²) in [6.45, 7) is 6.35. The quantitative estimate of drug-likeness (QED) is 0.794. The van der Waals surface area contributed by atoms with Crippen LogP contribution in [0.3, 0.4) is 0 Å². The molecule has 18 heavy (non-hydrogen) atoms. The Morgan fingerprint density at radius 3 is 2.33 bits per heavy atom. The molecule has 1 unspecified atom stereocenters. The molecule has 0 fully saturated rings. The summed E-state index contributed by atoms with van der Waals surface area (Å²) < 4.78 is 0. The molecule has 2 aromatic rings. The SMILES string of the molecule is Cc1ccc(C(C)Nc2cc(N)ccc2C)cc1. The van der Waals surface area contributed by atoms with Crippen molar-refractivity contribution < 1.29 is 0 Å². The van der Waals surface area contributed by atoms with Crippen molar-refractivity contribution in [3.63, 3.8) is 0 Å². The Labute approximate surface area is 109 Å². The predicted molar refractivity (Wildman–Crippen MR) is 78.8 cm³/mol. The molecule has 2 aromatic carbocycles. The Morgan fingerprint density at radius 2 is 1.67 bits per heavy atom. The van der Waals surface area contributed by atoms with Gasteiger partial charge in [-0.05, 0) is 44.0 Å². The second-order valence-corrected chi connectivity index (χ2v) is 4.85. The lowest BCUT2D eigenvalue weighted by atomic mass is 10.1. The molecule has 0 aliphatic heterocycles. The van der Waals surface area contributed by atoms with Crippen LogP contribution in [0.2, 0.25) is 0 Å². The Balaban J connectivity index is 2.18. The molecule has 94 valence electrons. The van der Waals surface area contributed by atoms with Gasteiger partial charge in [0.15, 0.2) is 0 Å². The lowest BCUT2D eigenvalue weighted by Gasteiger charge is -2.18. The summed E-state index contributed by atoms with van der Waals surface area (Å²) in [7, 11) is 0. The molecule has 0 aliphatic rings. The van der Waals surface area contributed by atoms with E-state index in [9.17, 15) is 0 Å². The highest BCUT2D eigenvalue weighted by molar-refractivity contribution is 5.60. The van der Waals surface area contributed by atoms with E-state index in [0.29, 0.717) is 0 Å². The average molecular weight is 240 g/mol. The number of nitrogens with one attached hydrogen (secondary N) is 1. The molecule has 0 spiro atoms. The van der Waals surface area contributed by atoms with Crippen LogP contribution >= 0.6 is 0 Å². The van der Waals surface area contributed by atoms with Gasteiger partial charge in [0.2, 0.25) is 0 Å². The molecule has 0 aromatic heterocycles. The summed E-state index contributed by atoms with van der Waals surface area (Å²) in [6, 6.07) is 14.8. The maximum atomic E-state index is 5.82. The van der Waals surface area contributed by atoms with Crippen LogP contribution in [0.1, 0.15) is 29.7 Å². The first kappa shape index (κ1) is 12.5. The third-order valence-corrected chi connectivity index (χ3v) is 3.21. The largest absolute Gasteiger partial charge is 0.399 e. The monoisotopic (exact) mass is 240 g/mol. The van der Waals surface area contributed by atoms with Gasteiger partial charge in [0.25, 0.3) is 0 Å². The van der Waals surface area contributed by atoms with E-state index in [1.165, 1.54) is 16.7 Å². The smallest absolute Gasteiger partial charge is 0.0485 e. The van der Waals surface area contributed by atoms with E-state index in [2.05, 4.69) is 50.4 Å². The van der Waals surface area contributed by atoms with Crippen LogP contribution in [-0.4, -0.2) is 0 Å². The summed E-state index contributed by atoms with van der Waals surface area (Å²) in [5.74, 6) is 0. The van der Waals surface area contributed by atoms with Crippen molar-refractivity contribution in [1.29, 1.82) is 0 Å². The number of nitrogens with two attached hydrogens (primary N) is 1. The fourth-order valence-electron chi connectivity index (χ4n) is 1.97.